The van der Waals surface area contributed by atoms with Gasteiger partial charge in [0, 0.05) is 12.8 Å². The number of nitrogens with zero attached hydrogens (tertiary/aromatic N) is 1. The van der Waals surface area contributed by atoms with Gasteiger partial charge in [-0.3, -0.25) is 4.99 Å². The molecule has 0 aliphatic rings. The quantitative estimate of drug-likeness (QED) is 0.548. The standard InChI is InChI=1S/C12H14F3N/c1-2-3-8-16-9-10-4-6-11(7-5-10)12(13,14)15/h4-7,9H,2-3,8H2,1H3. The van der Waals surface area contributed by atoms with Crippen LogP contribution in [0.4, 0.5) is 13.2 Å². The van der Waals surface area contributed by atoms with Crippen molar-refractivity contribution in [1.29, 1.82) is 0 Å². The number of hydrogen-bond acceptors (Lipinski definition) is 1. The molecule has 1 aromatic rings. The molecule has 0 amide bonds. The molecule has 1 aromatic carbocycles. The van der Waals surface area contributed by atoms with E-state index in [0.29, 0.717) is 5.56 Å². The second-order valence-corrected chi connectivity index (χ2v) is 3.51. The van der Waals surface area contributed by atoms with Crippen molar-refractivity contribution < 1.29 is 13.2 Å². The fourth-order valence-corrected chi connectivity index (χ4v) is 1.18. The average Bonchev–Trinajstić information content (AvgIpc) is 2.24. The van der Waals surface area contributed by atoms with Gasteiger partial charge < -0.3 is 0 Å². The van der Waals surface area contributed by atoms with Gasteiger partial charge in [-0.05, 0) is 24.1 Å². The Morgan fingerprint density at radius 1 is 1.19 bits per heavy atom. The van der Waals surface area contributed by atoms with Gasteiger partial charge >= 0.3 is 6.18 Å². The summed E-state index contributed by atoms with van der Waals surface area (Å²) in [5.74, 6) is 0. The van der Waals surface area contributed by atoms with Gasteiger partial charge in [0.05, 0.1) is 5.56 Å². The summed E-state index contributed by atoms with van der Waals surface area (Å²) in [5.41, 5.74) is 0.0716. The Balaban J connectivity index is 2.61. The van der Waals surface area contributed by atoms with Crippen LogP contribution in [0.1, 0.15) is 30.9 Å². The summed E-state index contributed by atoms with van der Waals surface area (Å²) in [4.78, 5) is 4.12. The number of benzene rings is 1. The van der Waals surface area contributed by atoms with Crippen LogP contribution in [0.5, 0.6) is 0 Å². The van der Waals surface area contributed by atoms with Crippen molar-refractivity contribution >= 4 is 6.21 Å². The van der Waals surface area contributed by atoms with Gasteiger partial charge in [0.1, 0.15) is 0 Å². The van der Waals surface area contributed by atoms with E-state index in [1.54, 1.807) is 6.21 Å². The average molecular weight is 229 g/mol. The Labute approximate surface area is 93.0 Å². The Morgan fingerprint density at radius 3 is 2.31 bits per heavy atom. The molecule has 0 radical (unpaired) electrons. The summed E-state index contributed by atoms with van der Waals surface area (Å²) in [5, 5.41) is 0. The molecule has 0 aliphatic carbocycles. The first-order chi connectivity index (χ1) is 7.54. The summed E-state index contributed by atoms with van der Waals surface area (Å²) < 4.78 is 36.7. The predicted octanol–water partition coefficient (Wildman–Crippen LogP) is 3.92. The molecule has 0 aromatic heterocycles. The first-order valence-electron chi connectivity index (χ1n) is 5.21. The Kier molecular flexibility index (Phi) is 4.52. The maximum Gasteiger partial charge on any atom is 0.416 e. The number of hydrogen-bond donors (Lipinski definition) is 0. The van der Waals surface area contributed by atoms with Gasteiger partial charge in [-0.2, -0.15) is 13.2 Å². The lowest BCUT2D eigenvalue weighted by molar-refractivity contribution is -0.137. The Bertz CT molecular complexity index is 338. The van der Waals surface area contributed by atoms with Crippen LogP contribution in [0.3, 0.4) is 0 Å². The molecule has 0 aliphatic heterocycles. The number of halogens is 3. The summed E-state index contributed by atoms with van der Waals surface area (Å²) >= 11 is 0. The van der Waals surface area contributed by atoms with Crippen molar-refractivity contribution in [3.63, 3.8) is 0 Å². The van der Waals surface area contributed by atoms with Crippen LogP contribution in [0.2, 0.25) is 0 Å². The predicted molar refractivity (Wildman–Crippen MR) is 58.8 cm³/mol. The van der Waals surface area contributed by atoms with Gasteiger partial charge in [0.25, 0.3) is 0 Å². The van der Waals surface area contributed by atoms with Crippen molar-refractivity contribution in [2.24, 2.45) is 4.99 Å². The van der Waals surface area contributed by atoms with Gasteiger partial charge in [-0.25, -0.2) is 0 Å². The minimum absolute atomic E-state index is 0.627. The van der Waals surface area contributed by atoms with E-state index in [1.807, 2.05) is 0 Å². The minimum atomic E-state index is -4.27. The molecule has 0 spiro atoms. The van der Waals surface area contributed by atoms with Crippen molar-refractivity contribution in [3.05, 3.63) is 35.4 Å². The molecule has 1 rings (SSSR count). The van der Waals surface area contributed by atoms with E-state index in [4.69, 9.17) is 0 Å². The fraction of sp³-hybridized carbons (Fsp3) is 0.417. The topological polar surface area (TPSA) is 12.4 Å². The Hall–Kier alpha value is -1.32. The summed E-state index contributed by atoms with van der Waals surface area (Å²) in [6.45, 7) is 2.78. The van der Waals surface area contributed by atoms with Crippen molar-refractivity contribution in [1.82, 2.24) is 0 Å². The third-order valence-corrected chi connectivity index (χ3v) is 2.12. The van der Waals surface area contributed by atoms with Crippen molar-refractivity contribution in [2.45, 2.75) is 25.9 Å². The second kappa shape index (κ2) is 5.68. The highest BCUT2D eigenvalue weighted by Gasteiger charge is 2.29. The van der Waals surface area contributed by atoms with Crippen molar-refractivity contribution in [2.75, 3.05) is 6.54 Å². The lowest BCUT2D eigenvalue weighted by Crippen LogP contribution is -2.04. The first-order valence-corrected chi connectivity index (χ1v) is 5.21. The summed E-state index contributed by atoms with van der Waals surface area (Å²) in [6, 6.07) is 5.00. The maximum atomic E-state index is 12.2. The number of aliphatic imine (C=N–C) groups is 1. The van der Waals surface area contributed by atoms with Crippen molar-refractivity contribution in [3.8, 4) is 0 Å². The van der Waals surface area contributed by atoms with Crippen LogP contribution in [-0.4, -0.2) is 12.8 Å². The molecule has 0 heterocycles. The van der Waals surface area contributed by atoms with E-state index in [-0.39, 0.29) is 0 Å². The zero-order chi connectivity index (χ0) is 12.0. The Morgan fingerprint density at radius 2 is 1.81 bits per heavy atom. The minimum Gasteiger partial charge on any atom is -0.293 e. The van der Waals surface area contributed by atoms with Crippen LogP contribution < -0.4 is 0 Å². The fourth-order valence-electron chi connectivity index (χ4n) is 1.18. The van der Waals surface area contributed by atoms with E-state index >= 15 is 0 Å². The number of alkyl halides is 3. The third-order valence-electron chi connectivity index (χ3n) is 2.12. The third kappa shape index (κ3) is 4.04. The lowest BCUT2D eigenvalue weighted by atomic mass is 10.1. The second-order valence-electron chi connectivity index (χ2n) is 3.51. The van der Waals surface area contributed by atoms with Crippen LogP contribution in [0.25, 0.3) is 0 Å². The van der Waals surface area contributed by atoms with Crippen LogP contribution >= 0.6 is 0 Å². The molecule has 1 nitrogen and oxygen atoms in total. The number of unbranched alkanes of at least 4 members (excludes halogenated alkanes) is 1. The van der Waals surface area contributed by atoms with E-state index in [1.165, 1.54) is 12.1 Å². The smallest absolute Gasteiger partial charge is 0.293 e. The SMILES string of the molecule is CCCCN=Cc1ccc(C(F)(F)F)cc1. The molecule has 0 fully saturated rings. The van der Waals surface area contributed by atoms with Gasteiger partial charge in [-0.1, -0.05) is 25.5 Å². The van der Waals surface area contributed by atoms with E-state index < -0.39 is 11.7 Å². The van der Waals surface area contributed by atoms with E-state index in [0.717, 1.165) is 31.5 Å². The van der Waals surface area contributed by atoms with Gasteiger partial charge in [-0.15, -0.1) is 0 Å². The molecule has 0 N–H and O–H groups in total. The molecule has 0 saturated carbocycles. The largest absolute Gasteiger partial charge is 0.416 e. The maximum absolute atomic E-state index is 12.2. The highest BCUT2D eigenvalue weighted by Crippen LogP contribution is 2.28. The zero-order valence-corrected chi connectivity index (χ0v) is 9.09. The molecule has 0 atom stereocenters. The molecule has 0 unspecified atom stereocenters. The molecular formula is C12H14F3N. The number of rotatable bonds is 4. The molecule has 0 bridgehead atoms. The first kappa shape index (κ1) is 12.7. The molecule has 4 heteroatoms. The molecular weight excluding hydrogens is 215 g/mol. The molecule has 16 heavy (non-hydrogen) atoms. The summed E-state index contributed by atoms with van der Waals surface area (Å²) in [6.07, 6.45) is -0.602. The normalized spacial score (nSPS) is 12.2. The lowest BCUT2D eigenvalue weighted by Gasteiger charge is -2.05. The molecule has 88 valence electrons. The molecule has 0 saturated heterocycles. The van der Waals surface area contributed by atoms with Crippen LogP contribution in [0, 0.1) is 0 Å². The highest BCUT2D eigenvalue weighted by molar-refractivity contribution is 5.79. The summed E-state index contributed by atoms with van der Waals surface area (Å²) in [7, 11) is 0. The van der Waals surface area contributed by atoms with E-state index in [2.05, 4.69) is 11.9 Å². The zero-order valence-electron chi connectivity index (χ0n) is 9.09. The monoisotopic (exact) mass is 229 g/mol. The van der Waals surface area contributed by atoms with Crippen LogP contribution in [-0.2, 0) is 6.18 Å². The van der Waals surface area contributed by atoms with Crippen LogP contribution in [0.15, 0.2) is 29.3 Å². The van der Waals surface area contributed by atoms with E-state index in [9.17, 15) is 13.2 Å². The van der Waals surface area contributed by atoms with Gasteiger partial charge in [0.15, 0.2) is 0 Å². The van der Waals surface area contributed by atoms with Gasteiger partial charge in [0.2, 0.25) is 0 Å². The highest BCUT2D eigenvalue weighted by atomic mass is 19.4.